The highest BCUT2D eigenvalue weighted by molar-refractivity contribution is 7.15. The Bertz CT molecular complexity index is 1300. The normalized spacial score (nSPS) is 11.7. The minimum absolute atomic E-state index is 0.0325. The summed E-state index contributed by atoms with van der Waals surface area (Å²) in [7, 11) is 0. The maximum atomic E-state index is 12.8. The molecule has 4 aromatic rings. The van der Waals surface area contributed by atoms with Gasteiger partial charge in [0.2, 0.25) is 0 Å². The van der Waals surface area contributed by atoms with Gasteiger partial charge >= 0.3 is 12.2 Å². The zero-order chi connectivity index (χ0) is 24.3. The first kappa shape index (κ1) is 23.4. The van der Waals surface area contributed by atoms with Crippen LogP contribution in [0.1, 0.15) is 30.3 Å². The van der Waals surface area contributed by atoms with E-state index in [0.29, 0.717) is 23.9 Å². The number of carbonyl (C=O) groups excluding carboxylic acids is 1. The van der Waals surface area contributed by atoms with Crippen molar-refractivity contribution in [3.05, 3.63) is 53.4 Å². The second kappa shape index (κ2) is 9.63. The van der Waals surface area contributed by atoms with Gasteiger partial charge in [0.05, 0.1) is 11.8 Å². The van der Waals surface area contributed by atoms with Crippen molar-refractivity contribution in [2.24, 2.45) is 0 Å². The van der Waals surface area contributed by atoms with Gasteiger partial charge in [0.25, 0.3) is 0 Å². The Balaban J connectivity index is 1.33. The molecule has 0 saturated carbocycles. The third kappa shape index (κ3) is 5.42. The Hall–Kier alpha value is -3.74. The van der Waals surface area contributed by atoms with Crippen molar-refractivity contribution in [3.8, 4) is 0 Å². The Kier molecular flexibility index (Phi) is 6.63. The molecular weight excluding hydrogens is 469 g/mol. The average molecular weight is 491 g/mol. The zero-order valence-corrected chi connectivity index (χ0v) is 19.0. The van der Waals surface area contributed by atoms with Gasteiger partial charge in [-0.3, -0.25) is 10.00 Å². The van der Waals surface area contributed by atoms with Crippen LogP contribution in [0, 0.1) is 0 Å². The van der Waals surface area contributed by atoms with Crippen molar-refractivity contribution in [1.82, 2.24) is 24.7 Å². The topological polar surface area (TPSA) is 110 Å². The molecule has 0 atom stereocenters. The highest BCUT2D eigenvalue weighted by atomic mass is 32.1. The lowest BCUT2D eigenvalue weighted by Gasteiger charge is -2.11. The van der Waals surface area contributed by atoms with E-state index >= 15 is 0 Å². The SMILES string of the molecule is CC(C)n1ncc2ncnc(NCCc3cnc(NC(=O)Nc4cccc(C(F)(F)F)c4)s3)c21. The summed E-state index contributed by atoms with van der Waals surface area (Å²) >= 11 is 1.27. The summed E-state index contributed by atoms with van der Waals surface area (Å²) in [5.41, 5.74) is 0.773. The number of anilines is 3. The van der Waals surface area contributed by atoms with Crippen molar-refractivity contribution in [2.75, 3.05) is 22.5 Å². The van der Waals surface area contributed by atoms with Crippen LogP contribution in [0.25, 0.3) is 11.0 Å². The predicted molar refractivity (Wildman–Crippen MR) is 124 cm³/mol. The van der Waals surface area contributed by atoms with Crippen molar-refractivity contribution < 1.29 is 18.0 Å². The molecule has 178 valence electrons. The van der Waals surface area contributed by atoms with Gasteiger partial charge < -0.3 is 10.6 Å². The first-order chi connectivity index (χ1) is 16.2. The Morgan fingerprint density at radius 3 is 2.74 bits per heavy atom. The van der Waals surface area contributed by atoms with Gasteiger partial charge in [0, 0.05) is 35.8 Å². The molecule has 3 aromatic heterocycles. The molecule has 0 aliphatic rings. The summed E-state index contributed by atoms with van der Waals surface area (Å²) in [6.07, 6.45) is 0.955. The van der Waals surface area contributed by atoms with Crippen LogP contribution >= 0.6 is 11.3 Å². The Morgan fingerprint density at radius 2 is 1.97 bits per heavy atom. The van der Waals surface area contributed by atoms with E-state index in [0.717, 1.165) is 28.0 Å². The largest absolute Gasteiger partial charge is 0.416 e. The molecule has 4 rings (SSSR count). The molecule has 3 heterocycles. The molecule has 3 N–H and O–H groups in total. The van der Waals surface area contributed by atoms with Crippen LogP contribution in [-0.2, 0) is 12.6 Å². The number of benzene rings is 1. The number of hydrogen-bond acceptors (Lipinski definition) is 7. The lowest BCUT2D eigenvalue weighted by atomic mass is 10.2. The maximum Gasteiger partial charge on any atom is 0.416 e. The van der Waals surface area contributed by atoms with Gasteiger partial charge in [-0.2, -0.15) is 18.3 Å². The van der Waals surface area contributed by atoms with E-state index < -0.39 is 17.8 Å². The molecule has 9 nitrogen and oxygen atoms in total. The highest BCUT2D eigenvalue weighted by Gasteiger charge is 2.30. The van der Waals surface area contributed by atoms with Gasteiger partial charge in [-0.1, -0.05) is 6.07 Å². The summed E-state index contributed by atoms with van der Waals surface area (Å²) in [5.74, 6) is 0.680. The van der Waals surface area contributed by atoms with E-state index in [9.17, 15) is 18.0 Å². The van der Waals surface area contributed by atoms with Crippen molar-refractivity contribution in [1.29, 1.82) is 0 Å². The van der Waals surface area contributed by atoms with Gasteiger partial charge in [-0.05, 0) is 32.0 Å². The molecule has 0 aliphatic carbocycles. The van der Waals surface area contributed by atoms with Crippen molar-refractivity contribution in [3.63, 3.8) is 0 Å². The number of alkyl halides is 3. The molecule has 2 amide bonds. The van der Waals surface area contributed by atoms with E-state index in [1.54, 1.807) is 12.4 Å². The van der Waals surface area contributed by atoms with Crippen LogP contribution in [-0.4, -0.2) is 37.3 Å². The summed E-state index contributed by atoms with van der Waals surface area (Å²) in [6.45, 7) is 4.62. The Labute approximate surface area is 196 Å². The van der Waals surface area contributed by atoms with Gasteiger partial charge in [-0.25, -0.2) is 19.7 Å². The fourth-order valence-corrected chi connectivity index (χ4v) is 4.03. The number of nitrogens with one attached hydrogen (secondary N) is 3. The maximum absolute atomic E-state index is 12.8. The molecule has 13 heteroatoms. The smallest absolute Gasteiger partial charge is 0.368 e. The lowest BCUT2D eigenvalue weighted by Crippen LogP contribution is -2.19. The second-order valence-corrected chi connectivity index (χ2v) is 8.72. The standard InChI is InChI=1S/C21H21F3N8OS/c1-12(2)32-17-16(10-29-32)27-11-28-18(17)25-7-6-15-9-26-20(34-15)31-19(33)30-14-5-3-4-13(8-14)21(22,23)24/h3-5,8-12H,6-7H2,1-2H3,(H,25,27,28)(H2,26,30,31,33). The molecule has 1 aromatic carbocycles. The highest BCUT2D eigenvalue weighted by Crippen LogP contribution is 2.30. The van der Waals surface area contributed by atoms with Crippen molar-refractivity contribution in [2.45, 2.75) is 32.5 Å². The van der Waals surface area contributed by atoms with Crippen LogP contribution in [0.5, 0.6) is 0 Å². The third-order valence-electron chi connectivity index (χ3n) is 4.76. The van der Waals surface area contributed by atoms with E-state index in [4.69, 9.17) is 0 Å². The molecule has 0 bridgehead atoms. The lowest BCUT2D eigenvalue weighted by molar-refractivity contribution is -0.137. The molecular formula is C21H21F3N8OS. The number of fused-ring (bicyclic) bond motifs is 1. The summed E-state index contributed by atoms with van der Waals surface area (Å²) in [6, 6.07) is 3.89. The van der Waals surface area contributed by atoms with Gasteiger partial charge in [0.15, 0.2) is 10.9 Å². The monoisotopic (exact) mass is 490 g/mol. The van der Waals surface area contributed by atoms with Gasteiger partial charge in [0.1, 0.15) is 17.4 Å². The number of carbonyl (C=O) groups is 1. The minimum Gasteiger partial charge on any atom is -0.368 e. The minimum atomic E-state index is -4.49. The number of amides is 2. The number of halogens is 3. The molecule has 34 heavy (non-hydrogen) atoms. The van der Waals surface area contributed by atoms with E-state index in [2.05, 4.69) is 36.0 Å². The van der Waals surface area contributed by atoms with Crippen molar-refractivity contribution >= 4 is 45.0 Å². The van der Waals surface area contributed by atoms with E-state index in [-0.39, 0.29) is 11.7 Å². The van der Waals surface area contributed by atoms with Crippen LogP contribution in [0.2, 0.25) is 0 Å². The second-order valence-electron chi connectivity index (χ2n) is 7.61. The number of hydrogen-bond donors (Lipinski definition) is 3. The molecule has 0 unspecified atom stereocenters. The predicted octanol–water partition coefficient (Wildman–Crippen LogP) is 5.18. The van der Waals surface area contributed by atoms with Crippen LogP contribution < -0.4 is 16.0 Å². The zero-order valence-electron chi connectivity index (χ0n) is 18.2. The number of thiazole rings is 1. The number of urea groups is 1. The molecule has 0 spiro atoms. The average Bonchev–Trinajstić information content (AvgIpc) is 3.40. The third-order valence-corrected chi connectivity index (χ3v) is 5.73. The fraction of sp³-hybridized carbons (Fsp3) is 0.286. The number of aromatic nitrogens is 5. The van der Waals surface area contributed by atoms with E-state index in [1.807, 2.05) is 18.5 Å². The van der Waals surface area contributed by atoms with Crippen LogP contribution in [0.15, 0.2) is 43.0 Å². The first-order valence-corrected chi connectivity index (χ1v) is 11.1. The fourth-order valence-electron chi connectivity index (χ4n) is 3.23. The summed E-state index contributed by atoms with van der Waals surface area (Å²) < 4.78 is 40.3. The summed E-state index contributed by atoms with van der Waals surface area (Å²) in [4.78, 5) is 25.8. The Morgan fingerprint density at radius 1 is 1.15 bits per heavy atom. The van der Waals surface area contributed by atoms with Crippen LogP contribution in [0.3, 0.4) is 0 Å². The van der Waals surface area contributed by atoms with Gasteiger partial charge in [-0.15, -0.1) is 11.3 Å². The first-order valence-electron chi connectivity index (χ1n) is 10.3. The van der Waals surface area contributed by atoms with E-state index in [1.165, 1.54) is 29.8 Å². The quantitative estimate of drug-likeness (QED) is 0.329. The molecule has 0 fully saturated rings. The molecule has 0 saturated heterocycles. The number of rotatable bonds is 7. The number of nitrogens with zero attached hydrogens (tertiary/aromatic N) is 5. The summed E-state index contributed by atoms with van der Waals surface area (Å²) in [5, 5.41) is 12.9. The molecule has 0 aliphatic heterocycles. The molecule has 0 radical (unpaired) electrons. The van der Waals surface area contributed by atoms with Crippen LogP contribution in [0.4, 0.5) is 34.6 Å².